The monoisotopic (exact) mass is 338 g/mol. The van der Waals surface area contributed by atoms with Crippen molar-refractivity contribution in [3.8, 4) is 0 Å². The molecular weight excluding hydrogens is 312 g/mol. The molecule has 5 nitrogen and oxygen atoms in total. The molecule has 1 saturated carbocycles. The second kappa shape index (κ2) is 6.84. The summed E-state index contributed by atoms with van der Waals surface area (Å²) < 4.78 is 23.0. The van der Waals surface area contributed by atoms with E-state index in [1.165, 1.54) is 19.1 Å². The van der Waals surface area contributed by atoms with E-state index < -0.39 is 14.6 Å². The zero-order chi connectivity index (χ0) is 14.9. The van der Waals surface area contributed by atoms with Crippen molar-refractivity contribution in [1.29, 1.82) is 0 Å². The average Bonchev–Trinajstić information content (AvgIpc) is 2.83. The molecule has 2 fully saturated rings. The van der Waals surface area contributed by atoms with Crippen molar-refractivity contribution in [3.05, 3.63) is 0 Å². The molecule has 0 aromatic rings. The third-order valence-electron chi connectivity index (χ3n) is 5.02. The molecule has 0 spiro atoms. The molecule has 7 heteroatoms. The SMILES string of the molecule is CC1(CNC(=O)C2(S(C)(=O)=O)CCNCC2)CCCC1.Cl. The van der Waals surface area contributed by atoms with Gasteiger partial charge in [0.05, 0.1) is 0 Å². The average molecular weight is 339 g/mol. The van der Waals surface area contributed by atoms with Gasteiger partial charge in [0.25, 0.3) is 0 Å². The Balaban J connectivity index is 0.00000220. The quantitative estimate of drug-likeness (QED) is 0.809. The number of halogens is 1. The lowest BCUT2D eigenvalue weighted by Crippen LogP contribution is -2.58. The lowest BCUT2D eigenvalue weighted by atomic mass is 9.88. The second-order valence-corrected chi connectivity index (χ2v) is 9.04. The summed E-state index contributed by atoms with van der Waals surface area (Å²) in [7, 11) is -3.40. The molecule has 2 N–H and O–H groups in total. The van der Waals surface area contributed by atoms with Crippen LogP contribution in [-0.2, 0) is 14.6 Å². The maximum Gasteiger partial charge on any atom is 0.241 e. The molecule has 21 heavy (non-hydrogen) atoms. The van der Waals surface area contributed by atoms with Gasteiger partial charge in [0.15, 0.2) is 14.6 Å². The fourth-order valence-electron chi connectivity index (χ4n) is 3.46. The molecule has 2 aliphatic rings. The van der Waals surface area contributed by atoms with Gasteiger partial charge in [0.2, 0.25) is 5.91 Å². The minimum Gasteiger partial charge on any atom is -0.354 e. The molecule has 1 saturated heterocycles. The van der Waals surface area contributed by atoms with Crippen LogP contribution in [-0.4, -0.2) is 45.0 Å². The predicted octanol–water partition coefficient (Wildman–Crippen LogP) is 1.27. The molecule has 2 rings (SSSR count). The van der Waals surface area contributed by atoms with Crippen molar-refractivity contribution >= 4 is 28.2 Å². The highest BCUT2D eigenvalue weighted by Gasteiger charge is 2.48. The molecule has 1 heterocycles. The van der Waals surface area contributed by atoms with Crippen LogP contribution in [0.5, 0.6) is 0 Å². The number of rotatable bonds is 4. The Kier molecular flexibility index (Phi) is 6.09. The van der Waals surface area contributed by atoms with Gasteiger partial charge in [-0.15, -0.1) is 12.4 Å². The summed E-state index contributed by atoms with van der Waals surface area (Å²) in [5.74, 6) is -0.297. The van der Waals surface area contributed by atoms with Gasteiger partial charge in [-0.25, -0.2) is 8.42 Å². The first-order valence-corrected chi connectivity index (χ1v) is 9.37. The van der Waals surface area contributed by atoms with Gasteiger partial charge in [0.1, 0.15) is 0 Å². The van der Waals surface area contributed by atoms with Crippen molar-refractivity contribution in [2.45, 2.75) is 50.2 Å². The van der Waals surface area contributed by atoms with Crippen LogP contribution in [0.2, 0.25) is 0 Å². The normalized spacial score (nSPS) is 24.1. The Labute approximate surface area is 134 Å². The first-order chi connectivity index (χ1) is 9.29. The van der Waals surface area contributed by atoms with Crippen LogP contribution in [0.25, 0.3) is 0 Å². The first kappa shape index (κ1) is 18.7. The maximum absolute atomic E-state index is 12.5. The lowest BCUT2D eigenvalue weighted by molar-refractivity contribution is -0.124. The molecule has 1 aliphatic carbocycles. The number of carbonyl (C=O) groups is 1. The van der Waals surface area contributed by atoms with Crippen LogP contribution < -0.4 is 10.6 Å². The third kappa shape index (κ3) is 3.90. The molecule has 1 amide bonds. The number of amides is 1. The van der Waals surface area contributed by atoms with Gasteiger partial charge in [-0.1, -0.05) is 19.8 Å². The van der Waals surface area contributed by atoms with Gasteiger partial charge >= 0.3 is 0 Å². The minimum absolute atomic E-state index is 0. The number of nitrogens with one attached hydrogen (secondary N) is 2. The molecule has 0 radical (unpaired) electrons. The minimum atomic E-state index is -3.40. The summed E-state index contributed by atoms with van der Waals surface area (Å²) in [5, 5.41) is 6.06. The fourth-order valence-corrected chi connectivity index (χ4v) is 4.81. The van der Waals surface area contributed by atoms with E-state index in [1.807, 2.05) is 0 Å². The van der Waals surface area contributed by atoms with Crippen LogP contribution in [0.1, 0.15) is 45.4 Å². The number of carbonyl (C=O) groups excluding carboxylic acids is 1. The molecule has 0 unspecified atom stereocenters. The number of hydrogen-bond acceptors (Lipinski definition) is 4. The van der Waals surface area contributed by atoms with Gasteiger partial charge in [-0.05, 0) is 44.2 Å². The highest BCUT2D eigenvalue weighted by molar-refractivity contribution is 7.92. The van der Waals surface area contributed by atoms with E-state index in [0.29, 0.717) is 32.5 Å². The van der Waals surface area contributed by atoms with E-state index in [9.17, 15) is 13.2 Å². The van der Waals surface area contributed by atoms with Crippen LogP contribution in [0.15, 0.2) is 0 Å². The highest BCUT2D eigenvalue weighted by Crippen LogP contribution is 2.37. The van der Waals surface area contributed by atoms with E-state index in [-0.39, 0.29) is 23.7 Å². The van der Waals surface area contributed by atoms with Crippen LogP contribution in [0.4, 0.5) is 0 Å². The Bertz CT molecular complexity index is 467. The predicted molar refractivity (Wildman–Crippen MR) is 86.5 cm³/mol. The molecule has 1 aliphatic heterocycles. The second-order valence-electron chi connectivity index (χ2n) is 6.72. The molecule has 0 atom stereocenters. The Morgan fingerprint density at radius 1 is 1.14 bits per heavy atom. The Morgan fingerprint density at radius 3 is 2.14 bits per heavy atom. The van der Waals surface area contributed by atoms with Crippen LogP contribution in [0.3, 0.4) is 0 Å². The lowest BCUT2D eigenvalue weighted by Gasteiger charge is -2.35. The van der Waals surface area contributed by atoms with Gasteiger partial charge in [-0.2, -0.15) is 0 Å². The number of piperidine rings is 1. The first-order valence-electron chi connectivity index (χ1n) is 7.48. The standard InChI is InChI=1S/C14H26N2O3S.ClH/c1-13(5-3-4-6-13)11-16-12(17)14(20(2,18)19)7-9-15-10-8-14;/h15H,3-11H2,1-2H3,(H,16,17);1H. The molecule has 0 aromatic heterocycles. The van der Waals surface area contributed by atoms with E-state index in [4.69, 9.17) is 0 Å². The number of sulfone groups is 1. The van der Waals surface area contributed by atoms with E-state index in [2.05, 4.69) is 17.6 Å². The van der Waals surface area contributed by atoms with E-state index in [0.717, 1.165) is 12.8 Å². The maximum atomic E-state index is 12.5. The van der Waals surface area contributed by atoms with Gasteiger partial charge in [0, 0.05) is 12.8 Å². The van der Waals surface area contributed by atoms with E-state index in [1.54, 1.807) is 0 Å². The summed E-state index contributed by atoms with van der Waals surface area (Å²) in [4.78, 5) is 12.5. The van der Waals surface area contributed by atoms with Crippen LogP contribution in [0, 0.1) is 5.41 Å². The topological polar surface area (TPSA) is 75.3 Å². The van der Waals surface area contributed by atoms with Crippen molar-refractivity contribution < 1.29 is 13.2 Å². The van der Waals surface area contributed by atoms with Crippen molar-refractivity contribution in [2.75, 3.05) is 25.9 Å². The molecule has 0 aromatic carbocycles. The van der Waals surface area contributed by atoms with Crippen LogP contribution >= 0.6 is 12.4 Å². The summed E-state index contributed by atoms with van der Waals surface area (Å²) in [6.45, 7) is 3.93. The summed E-state index contributed by atoms with van der Waals surface area (Å²) in [6.07, 6.45) is 6.56. The smallest absolute Gasteiger partial charge is 0.241 e. The zero-order valence-corrected chi connectivity index (χ0v) is 14.5. The molecule has 0 bridgehead atoms. The molecular formula is C14H27ClN2O3S. The van der Waals surface area contributed by atoms with Crippen molar-refractivity contribution in [3.63, 3.8) is 0 Å². The summed E-state index contributed by atoms with van der Waals surface area (Å²) >= 11 is 0. The highest BCUT2D eigenvalue weighted by atomic mass is 35.5. The number of hydrogen-bond donors (Lipinski definition) is 2. The zero-order valence-electron chi connectivity index (χ0n) is 12.9. The summed E-state index contributed by atoms with van der Waals surface area (Å²) in [6, 6.07) is 0. The third-order valence-corrected chi connectivity index (χ3v) is 7.03. The van der Waals surface area contributed by atoms with Crippen molar-refractivity contribution in [2.24, 2.45) is 5.41 Å². The van der Waals surface area contributed by atoms with Gasteiger partial charge in [-0.3, -0.25) is 4.79 Å². The van der Waals surface area contributed by atoms with Gasteiger partial charge < -0.3 is 10.6 Å². The summed E-state index contributed by atoms with van der Waals surface area (Å²) in [5.41, 5.74) is 0.140. The van der Waals surface area contributed by atoms with Crippen molar-refractivity contribution in [1.82, 2.24) is 10.6 Å². The largest absolute Gasteiger partial charge is 0.354 e. The Morgan fingerprint density at radius 2 is 1.67 bits per heavy atom. The fraction of sp³-hybridized carbons (Fsp3) is 0.929. The Hall–Kier alpha value is -0.330. The van der Waals surface area contributed by atoms with E-state index >= 15 is 0 Å². The molecule has 124 valence electrons.